The summed E-state index contributed by atoms with van der Waals surface area (Å²) in [6, 6.07) is 3.23. The van der Waals surface area contributed by atoms with Gasteiger partial charge in [-0.1, -0.05) is 13.3 Å². The molecule has 3 N–H and O–H groups in total. The molecule has 0 radical (unpaired) electrons. The van der Waals surface area contributed by atoms with E-state index < -0.39 is 0 Å². The maximum atomic E-state index is 12.1. The highest BCUT2D eigenvalue weighted by atomic mass is 16.1. The predicted molar refractivity (Wildman–Crippen MR) is 78.5 cm³/mol. The molecular weight excluding hydrogens is 252 g/mol. The molecule has 1 aromatic rings. The monoisotopic (exact) mass is 276 g/mol. The first-order valence-electron chi connectivity index (χ1n) is 7.83. The molecule has 110 valence electrons. The Bertz CT molecular complexity index is 458. The summed E-state index contributed by atoms with van der Waals surface area (Å²) < 4.78 is 0. The molecule has 2 aliphatic rings. The van der Waals surface area contributed by atoms with Gasteiger partial charge in [0.05, 0.1) is 0 Å². The van der Waals surface area contributed by atoms with Gasteiger partial charge in [-0.3, -0.25) is 9.89 Å². The second-order valence-electron chi connectivity index (χ2n) is 6.26. The number of fused-ring (bicyclic) bond motifs is 2. The topological polar surface area (TPSA) is 69.8 Å². The van der Waals surface area contributed by atoms with Crippen LogP contribution in [0.1, 0.15) is 51.1 Å². The molecule has 0 saturated carbocycles. The van der Waals surface area contributed by atoms with Crippen LogP contribution < -0.4 is 10.6 Å². The Morgan fingerprint density at radius 3 is 2.85 bits per heavy atom. The highest BCUT2D eigenvalue weighted by Gasteiger charge is 2.34. The molecule has 1 aromatic heterocycles. The summed E-state index contributed by atoms with van der Waals surface area (Å²) >= 11 is 0. The van der Waals surface area contributed by atoms with Crippen molar-refractivity contribution in [2.45, 2.75) is 64.0 Å². The number of hydrogen-bond acceptors (Lipinski definition) is 3. The Morgan fingerprint density at radius 2 is 2.15 bits per heavy atom. The molecular formula is C15H24N4O. The van der Waals surface area contributed by atoms with Crippen molar-refractivity contribution >= 4 is 11.7 Å². The average molecular weight is 276 g/mol. The Morgan fingerprint density at radius 1 is 1.40 bits per heavy atom. The molecule has 0 aliphatic carbocycles. The van der Waals surface area contributed by atoms with Crippen molar-refractivity contribution in [3.63, 3.8) is 0 Å². The summed E-state index contributed by atoms with van der Waals surface area (Å²) in [4.78, 5) is 12.1. The summed E-state index contributed by atoms with van der Waals surface area (Å²) in [5, 5.41) is 13.6. The minimum Gasteiger partial charge on any atom is -0.311 e. The molecule has 2 unspecified atom stereocenters. The van der Waals surface area contributed by atoms with Crippen molar-refractivity contribution < 1.29 is 4.79 Å². The maximum Gasteiger partial charge on any atom is 0.225 e. The largest absolute Gasteiger partial charge is 0.311 e. The number of amides is 1. The molecule has 3 heterocycles. The molecule has 5 heteroatoms. The number of piperidine rings is 1. The highest BCUT2D eigenvalue weighted by Crippen LogP contribution is 2.32. The van der Waals surface area contributed by atoms with Gasteiger partial charge in [-0.05, 0) is 38.0 Å². The second kappa shape index (κ2) is 5.95. The van der Waals surface area contributed by atoms with Gasteiger partial charge in [-0.15, -0.1) is 0 Å². The Kier molecular flexibility index (Phi) is 4.05. The van der Waals surface area contributed by atoms with Crippen LogP contribution >= 0.6 is 0 Å². The molecule has 2 bridgehead atoms. The van der Waals surface area contributed by atoms with Crippen molar-refractivity contribution in [3.8, 4) is 0 Å². The number of hydrogen-bond donors (Lipinski definition) is 3. The van der Waals surface area contributed by atoms with Gasteiger partial charge < -0.3 is 10.6 Å². The van der Waals surface area contributed by atoms with Crippen molar-refractivity contribution in [1.82, 2.24) is 15.5 Å². The van der Waals surface area contributed by atoms with Crippen LogP contribution in [0.3, 0.4) is 0 Å². The van der Waals surface area contributed by atoms with Crippen molar-refractivity contribution in [3.05, 3.63) is 11.8 Å². The first-order chi connectivity index (χ1) is 9.72. The molecule has 0 spiro atoms. The van der Waals surface area contributed by atoms with Gasteiger partial charge in [-0.2, -0.15) is 5.10 Å². The fourth-order valence-corrected chi connectivity index (χ4v) is 3.62. The number of H-pyrrole nitrogens is 1. The number of aromatic amines is 1. The zero-order chi connectivity index (χ0) is 13.9. The molecule has 2 aliphatic heterocycles. The lowest BCUT2D eigenvalue weighted by Gasteiger charge is -2.28. The normalized spacial score (nSPS) is 28.6. The lowest BCUT2D eigenvalue weighted by atomic mass is 9.89. The Hall–Kier alpha value is -1.36. The van der Waals surface area contributed by atoms with Crippen molar-refractivity contribution in [1.29, 1.82) is 0 Å². The minimum atomic E-state index is 0.103. The average Bonchev–Trinajstić information content (AvgIpc) is 2.97. The quantitative estimate of drug-likeness (QED) is 0.772. The molecule has 1 amide bonds. The minimum absolute atomic E-state index is 0.103. The Labute approximate surface area is 119 Å². The molecule has 2 fully saturated rings. The van der Waals surface area contributed by atoms with Crippen LogP contribution in [0.25, 0.3) is 0 Å². The molecule has 20 heavy (non-hydrogen) atoms. The van der Waals surface area contributed by atoms with Crippen LogP contribution in [0.5, 0.6) is 0 Å². The summed E-state index contributed by atoms with van der Waals surface area (Å²) in [6.07, 6.45) is 7.53. The fraction of sp³-hybridized carbons (Fsp3) is 0.733. The van der Waals surface area contributed by atoms with Gasteiger partial charge in [-0.25, -0.2) is 0 Å². The number of aromatic nitrogens is 2. The van der Waals surface area contributed by atoms with E-state index in [1.165, 1.54) is 12.8 Å². The number of aryl methyl sites for hydroxylation is 1. The zero-order valence-corrected chi connectivity index (χ0v) is 12.1. The van der Waals surface area contributed by atoms with Crippen molar-refractivity contribution in [2.75, 3.05) is 5.32 Å². The van der Waals surface area contributed by atoms with Gasteiger partial charge in [0.1, 0.15) is 0 Å². The lowest BCUT2D eigenvalue weighted by molar-refractivity contribution is -0.117. The van der Waals surface area contributed by atoms with E-state index in [1.807, 2.05) is 6.07 Å². The van der Waals surface area contributed by atoms with E-state index in [0.29, 0.717) is 30.2 Å². The predicted octanol–water partition coefficient (Wildman–Crippen LogP) is 2.22. The van der Waals surface area contributed by atoms with Gasteiger partial charge in [0.15, 0.2) is 5.82 Å². The lowest BCUT2D eigenvalue weighted by Crippen LogP contribution is -2.39. The van der Waals surface area contributed by atoms with Crippen molar-refractivity contribution in [2.24, 2.45) is 5.92 Å². The summed E-state index contributed by atoms with van der Waals surface area (Å²) in [5.41, 5.74) is 1.09. The van der Waals surface area contributed by atoms with Gasteiger partial charge in [0.25, 0.3) is 0 Å². The van der Waals surface area contributed by atoms with Gasteiger partial charge in [0, 0.05) is 30.3 Å². The molecule has 3 rings (SSSR count). The number of carbonyl (C=O) groups is 1. The van der Waals surface area contributed by atoms with E-state index in [4.69, 9.17) is 0 Å². The first-order valence-corrected chi connectivity index (χ1v) is 7.83. The third kappa shape index (κ3) is 3.20. The summed E-state index contributed by atoms with van der Waals surface area (Å²) in [7, 11) is 0. The van der Waals surface area contributed by atoms with E-state index in [1.54, 1.807) is 0 Å². The van der Waals surface area contributed by atoms with Gasteiger partial charge in [0.2, 0.25) is 5.91 Å². The third-order valence-electron chi connectivity index (χ3n) is 4.46. The number of nitrogens with zero attached hydrogens (tertiary/aromatic N) is 1. The van der Waals surface area contributed by atoms with Gasteiger partial charge >= 0.3 is 0 Å². The van der Waals surface area contributed by atoms with E-state index in [9.17, 15) is 4.79 Å². The molecule has 5 nitrogen and oxygen atoms in total. The van der Waals surface area contributed by atoms with E-state index in [2.05, 4.69) is 27.8 Å². The van der Waals surface area contributed by atoms with Crippen LogP contribution in [0.15, 0.2) is 6.07 Å². The molecule has 0 aromatic carbocycles. The number of carbonyl (C=O) groups excluding carboxylic acids is 1. The SMILES string of the molecule is CCCc1cc(NC(=O)CC2CC3CCC(C2)N3)n[nH]1. The maximum absolute atomic E-state index is 12.1. The fourth-order valence-electron chi connectivity index (χ4n) is 3.62. The number of rotatable bonds is 5. The number of nitrogens with one attached hydrogen (secondary N) is 3. The number of anilines is 1. The highest BCUT2D eigenvalue weighted by molar-refractivity contribution is 5.89. The van der Waals surface area contributed by atoms with Crippen LogP contribution in [-0.4, -0.2) is 28.2 Å². The zero-order valence-electron chi connectivity index (χ0n) is 12.1. The van der Waals surface area contributed by atoms with Crippen LogP contribution in [0.4, 0.5) is 5.82 Å². The van der Waals surface area contributed by atoms with Crippen LogP contribution in [0.2, 0.25) is 0 Å². The van der Waals surface area contributed by atoms with Crippen LogP contribution in [0, 0.1) is 5.92 Å². The third-order valence-corrected chi connectivity index (χ3v) is 4.46. The van der Waals surface area contributed by atoms with E-state index in [0.717, 1.165) is 31.4 Å². The van der Waals surface area contributed by atoms with Crippen LogP contribution in [-0.2, 0) is 11.2 Å². The Balaban J connectivity index is 1.49. The smallest absolute Gasteiger partial charge is 0.225 e. The second-order valence-corrected chi connectivity index (χ2v) is 6.26. The summed E-state index contributed by atoms with van der Waals surface area (Å²) in [5.74, 6) is 1.30. The summed E-state index contributed by atoms with van der Waals surface area (Å²) in [6.45, 7) is 2.13. The first kappa shape index (κ1) is 13.6. The van der Waals surface area contributed by atoms with E-state index in [-0.39, 0.29) is 5.91 Å². The van der Waals surface area contributed by atoms with E-state index >= 15 is 0 Å². The molecule has 2 atom stereocenters. The standard InChI is InChI=1S/C15H24N4O/c1-2-3-13-9-14(19-18-13)17-15(20)8-10-6-11-4-5-12(7-10)16-11/h9-12,16H,2-8H2,1H3,(H2,17,18,19,20). The molecule has 2 saturated heterocycles.